The van der Waals surface area contributed by atoms with E-state index in [0.29, 0.717) is 0 Å². The highest BCUT2D eigenvalue weighted by Crippen LogP contribution is 2.21. The summed E-state index contributed by atoms with van der Waals surface area (Å²) in [6.45, 7) is 7.08. The zero-order valence-corrected chi connectivity index (χ0v) is 9.15. The molecule has 0 atom stereocenters. The predicted octanol–water partition coefficient (Wildman–Crippen LogP) is 2.61. The minimum atomic E-state index is -0.0401. The summed E-state index contributed by atoms with van der Waals surface area (Å²) in [6, 6.07) is 8.36. The van der Waals surface area contributed by atoms with E-state index in [-0.39, 0.29) is 9.52 Å². The monoisotopic (exact) mass is 186 g/mol. The molecule has 1 aliphatic carbocycles. The molecule has 0 heterocycles. The van der Waals surface area contributed by atoms with Gasteiger partial charge in [-0.25, -0.2) is 0 Å². The van der Waals surface area contributed by atoms with Crippen molar-refractivity contribution in [1.82, 2.24) is 0 Å². The summed E-state index contributed by atoms with van der Waals surface area (Å²) >= 11 is 0. The number of hydrogen-bond donors (Lipinski definition) is 0. The summed E-state index contributed by atoms with van der Waals surface area (Å²) in [4.78, 5) is 0. The van der Waals surface area contributed by atoms with Gasteiger partial charge in [-0.1, -0.05) is 36.4 Å². The van der Waals surface area contributed by atoms with Crippen LogP contribution >= 0.6 is 0 Å². The van der Waals surface area contributed by atoms with Crippen LogP contribution in [0.3, 0.4) is 0 Å². The molecular weight excluding hydrogens is 172 g/mol. The van der Waals surface area contributed by atoms with Gasteiger partial charge in [0.25, 0.3) is 0 Å². The van der Waals surface area contributed by atoms with Crippen molar-refractivity contribution in [2.24, 2.45) is 0 Å². The quantitative estimate of drug-likeness (QED) is 0.632. The van der Waals surface area contributed by atoms with Gasteiger partial charge in [0.2, 0.25) is 0 Å². The molecule has 0 spiro atoms. The first-order chi connectivity index (χ1) is 6.38. The molecule has 0 bridgehead atoms. The van der Waals surface area contributed by atoms with E-state index in [9.17, 15) is 0 Å². The maximum Gasteiger partial charge on any atom is 0.0676 e. The van der Waals surface area contributed by atoms with Gasteiger partial charge in [0.1, 0.15) is 0 Å². The predicted molar refractivity (Wildman–Crippen MR) is 64.3 cm³/mol. The molecule has 66 valence electrons. The van der Waals surface area contributed by atoms with E-state index in [4.69, 9.17) is 0 Å². The van der Waals surface area contributed by atoms with Crippen LogP contribution in [0.25, 0.3) is 12.2 Å². The molecule has 2 rings (SSSR count). The molecule has 0 nitrogen and oxygen atoms in total. The van der Waals surface area contributed by atoms with Crippen molar-refractivity contribution in [3.63, 3.8) is 0 Å². The summed E-state index contributed by atoms with van der Waals surface area (Å²) in [5.41, 5.74) is 6.64. The normalized spacial score (nSPS) is 10.2. The smallest absolute Gasteiger partial charge is 0.0676 e. The van der Waals surface area contributed by atoms with Gasteiger partial charge in [-0.2, -0.15) is 0 Å². The highest BCUT2D eigenvalue weighted by Gasteiger charge is 1.99. The van der Waals surface area contributed by atoms with Crippen molar-refractivity contribution in [1.29, 1.82) is 0 Å². The van der Waals surface area contributed by atoms with E-state index in [1.165, 1.54) is 11.1 Å². The van der Waals surface area contributed by atoms with Gasteiger partial charge in [0.15, 0.2) is 0 Å². The molecule has 1 aliphatic rings. The van der Waals surface area contributed by atoms with Crippen molar-refractivity contribution in [2.45, 2.75) is 0 Å². The SMILES string of the molecule is C1=Cc2ccccc21.C=C[SiH2]C=C. The van der Waals surface area contributed by atoms with Crippen molar-refractivity contribution >= 4 is 21.7 Å². The summed E-state index contributed by atoms with van der Waals surface area (Å²) in [5.74, 6) is 0. The molecule has 13 heavy (non-hydrogen) atoms. The van der Waals surface area contributed by atoms with Crippen molar-refractivity contribution in [2.75, 3.05) is 0 Å². The molecule has 0 saturated heterocycles. The molecular formula is C12H14Si. The molecule has 0 aliphatic heterocycles. The summed E-state index contributed by atoms with van der Waals surface area (Å²) in [6.07, 6.45) is 4.24. The standard InChI is InChI=1S/C8H6.C4H8Si/c1-2-4-8-6-5-7(8)3-1;1-3-5-4-2/h1-6H;3-4H,1-2,5H2. The fourth-order valence-corrected chi connectivity index (χ4v) is 1.25. The highest BCUT2D eigenvalue weighted by atomic mass is 28.2. The van der Waals surface area contributed by atoms with Gasteiger partial charge in [-0.3, -0.25) is 0 Å². The van der Waals surface area contributed by atoms with Crippen LogP contribution in [0.5, 0.6) is 0 Å². The van der Waals surface area contributed by atoms with Crippen LogP contribution in [0.4, 0.5) is 0 Å². The van der Waals surface area contributed by atoms with Gasteiger partial charge in [0.05, 0.1) is 9.52 Å². The lowest BCUT2D eigenvalue weighted by molar-refractivity contribution is 1.58. The van der Waals surface area contributed by atoms with Gasteiger partial charge in [-0.15, -0.1) is 24.6 Å². The van der Waals surface area contributed by atoms with Crippen LogP contribution < -0.4 is 0 Å². The number of hydrogen-bond acceptors (Lipinski definition) is 0. The average molecular weight is 186 g/mol. The van der Waals surface area contributed by atoms with E-state index >= 15 is 0 Å². The van der Waals surface area contributed by atoms with Crippen molar-refractivity contribution in [3.05, 3.63) is 59.9 Å². The molecule has 0 fully saturated rings. The topological polar surface area (TPSA) is 0 Å². The first-order valence-electron chi connectivity index (χ1n) is 4.37. The van der Waals surface area contributed by atoms with E-state index in [1.54, 1.807) is 0 Å². The second-order valence-electron chi connectivity index (χ2n) is 2.78. The Morgan fingerprint density at radius 1 is 0.923 bits per heavy atom. The van der Waals surface area contributed by atoms with Gasteiger partial charge in [-0.05, 0) is 11.1 Å². The van der Waals surface area contributed by atoms with Crippen molar-refractivity contribution in [3.8, 4) is 0 Å². The molecule has 0 unspecified atom stereocenters. The fraction of sp³-hybridized carbons (Fsp3) is 0. The Morgan fingerprint density at radius 2 is 1.38 bits per heavy atom. The maximum absolute atomic E-state index is 3.54. The lowest BCUT2D eigenvalue weighted by Crippen LogP contribution is -1.85. The van der Waals surface area contributed by atoms with E-state index in [2.05, 4.69) is 49.6 Å². The van der Waals surface area contributed by atoms with Crippen LogP contribution in [0, 0.1) is 0 Å². The number of fused-ring (bicyclic) bond motifs is 1. The van der Waals surface area contributed by atoms with Crippen LogP contribution in [0.15, 0.2) is 48.8 Å². The van der Waals surface area contributed by atoms with Gasteiger partial charge in [0, 0.05) is 0 Å². The first kappa shape index (κ1) is 9.74. The molecule has 0 saturated carbocycles. The van der Waals surface area contributed by atoms with E-state index < -0.39 is 0 Å². The van der Waals surface area contributed by atoms with Gasteiger partial charge >= 0.3 is 0 Å². The Bertz CT molecular complexity index is 293. The lowest BCUT2D eigenvalue weighted by atomic mass is 9.99. The molecule has 0 radical (unpaired) electrons. The molecule has 0 N–H and O–H groups in total. The minimum Gasteiger partial charge on any atom is -0.107 e. The first-order valence-corrected chi connectivity index (χ1v) is 6.00. The molecule has 1 heteroatoms. The van der Waals surface area contributed by atoms with Crippen LogP contribution in [0.1, 0.15) is 11.1 Å². The van der Waals surface area contributed by atoms with Crippen LogP contribution in [-0.4, -0.2) is 9.52 Å². The largest absolute Gasteiger partial charge is 0.107 e. The lowest BCUT2D eigenvalue weighted by Gasteiger charge is -2.06. The number of benzene rings is 1. The third kappa shape index (κ3) is 2.88. The van der Waals surface area contributed by atoms with E-state index in [0.717, 1.165) is 0 Å². The fourth-order valence-electron chi connectivity index (χ4n) is 1.02. The third-order valence-electron chi connectivity index (χ3n) is 1.77. The average Bonchev–Trinajstić information content (AvgIpc) is 2.10. The summed E-state index contributed by atoms with van der Waals surface area (Å²) in [5, 5.41) is 0. The maximum atomic E-state index is 3.54. The minimum absolute atomic E-state index is 0.0401. The Kier molecular flexibility index (Phi) is 3.99. The third-order valence-corrected chi connectivity index (χ3v) is 2.44. The molecule has 1 aromatic carbocycles. The number of rotatable bonds is 2. The zero-order valence-electron chi connectivity index (χ0n) is 7.74. The van der Waals surface area contributed by atoms with Crippen molar-refractivity contribution < 1.29 is 0 Å². The summed E-state index contributed by atoms with van der Waals surface area (Å²) < 4.78 is 0. The second-order valence-corrected chi connectivity index (χ2v) is 4.40. The highest BCUT2D eigenvalue weighted by molar-refractivity contribution is 6.47. The second kappa shape index (κ2) is 5.33. The molecule has 0 aromatic heterocycles. The van der Waals surface area contributed by atoms with Crippen LogP contribution in [0.2, 0.25) is 0 Å². The Balaban J connectivity index is 0.000000149. The zero-order chi connectivity index (χ0) is 9.52. The molecule has 1 aromatic rings. The summed E-state index contributed by atoms with van der Waals surface area (Å²) in [7, 11) is -0.0401. The Labute approximate surface area is 82.1 Å². The van der Waals surface area contributed by atoms with Crippen LogP contribution in [-0.2, 0) is 0 Å². The molecule has 0 amide bonds. The Morgan fingerprint density at radius 3 is 1.54 bits per heavy atom. The Hall–Kier alpha value is -1.34. The van der Waals surface area contributed by atoms with Gasteiger partial charge < -0.3 is 0 Å². The van der Waals surface area contributed by atoms with E-state index in [1.807, 2.05) is 11.4 Å².